The number of thioether (sulfide) groups is 1. The highest BCUT2D eigenvalue weighted by molar-refractivity contribution is 8.07. The molecule has 1 aromatic rings. The van der Waals surface area contributed by atoms with E-state index in [1.54, 1.807) is 31.2 Å². The molecule has 0 saturated heterocycles. The molecule has 2 N–H and O–H groups in total. The summed E-state index contributed by atoms with van der Waals surface area (Å²) < 4.78 is 15.1. The number of hydrogen-bond donors (Lipinski definition) is 1. The van der Waals surface area contributed by atoms with Crippen LogP contribution in [0.2, 0.25) is 0 Å². The van der Waals surface area contributed by atoms with Crippen LogP contribution >= 0.6 is 11.8 Å². The highest BCUT2D eigenvalue weighted by Crippen LogP contribution is 2.48. The van der Waals surface area contributed by atoms with Crippen molar-refractivity contribution < 1.29 is 28.6 Å². The lowest BCUT2D eigenvalue weighted by Gasteiger charge is -2.36. The number of nitriles is 1. The van der Waals surface area contributed by atoms with Crippen molar-refractivity contribution in [1.82, 2.24) is 4.90 Å². The van der Waals surface area contributed by atoms with Gasteiger partial charge >= 0.3 is 11.9 Å². The molecule has 1 atom stereocenters. The predicted octanol–water partition coefficient (Wildman–Crippen LogP) is 1.89. The normalized spacial score (nSPS) is 18.1. The highest BCUT2D eigenvalue weighted by Gasteiger charge is 2.44. The number of nitrogens with two attached hydrogens (primary N) is 1. The molecule has 0 spiro atoms. The topological polar surface area (TPSA) is 132 Å². The zero-order chi connectivity index (χ0) is 22.7. The Morgan fingerprint density at radius 2 is 1.90 bits per heavy atom. The van der Waals surface area contributed by atoms with Gasteiger partial charge in [0.25, 0.3) is 5.91 Å². The molecule has 0 aliphatic carbocycles. The van der Waals surface area contributed by atoms with Crippen LogP contribution < -0.4 is 10.5 Å². The van der Waals surface area contributed by atoms with Crippen molar-refractivity contribution in [2.24, 2.45) is 5.73 Å². The van der Waals surface area contributed by atoms with Crippen LogP contribution in [0.25, 0.3) is 0 Å². The molecule has 2 aliphatic rings. The molecule has 9 nitrogen and oxygen atoms in total. The zero-order valence-electron chi connectivity index (χ0n) is 17.0. The number of benzene rings is 1. The number of rotatable bonds is 5. The second-order valence-corrected chi connectivity index (χ2v) is 7.36. The number of fused-ring (bicyclic) bond motifs is 1. The second kappa shape index (κ2) is 8.97. The van der Waals surface area contributed by atoms with E-state index >= 15 is 0 Å². The summed E-state index contributed by atoms with van der Waals surface area (Å²) in [4.78, 5) is 38.9. The van der Waals surface area contributed by atoms with E-state index in [9.17, 15) is 19.6 Å². The smallest absolute Gasteiger partial charge is 0.344 e. The first-order valence-corrected chi connectivity index (χ1v) is 9.96. The summed E-state index contributed by atoms with van der Waals surface area (Å²) in [6.07, 6.45) is 1.05. The van der Waals surface area contributed by atoms with Gasteiger partial charge < -0.3 is 19.9 Å². The van der Waals surface area contributed by atoms with Gasteiger partial charge in [-0.2, -0.15) is 5.26 Å². The van der Waals surface area contributed by atoms with Gasteiger partial charge in [-0.1, -0.05) is 23.9 Å². The van der Waals surface area contributed by atoms with E-state index in [2.05, 4.69) is 0 Å². The van der Waals surface area contributed by atoms with Crippen molar-refractivity contribution in [3.8, 4) is 11.8 Å². The van der Waals surface area contributed by atoms with Crippen LogP contribution in [0.4, 0.5) is 0 Å². The molecule has 1 amide bonds. The van der Waals surface area contributed by atoms with Gasteiger partial charge in [-0.25, -0.2) is 9.59 Å². The van der Waals surface area contributed by atoms with E-state index in [1.165, 1.54) is 14.2 Å². The molecule has 0 bridgehead atoms. The molecular weight excluding hydrogens is 422 g/mol. The maximum atomic E-state index is 13.0. The van der Waals surface area contributed by atoms with Gasteiger partial charge in [-0.15, -0.1) is 0 Å². The third-order valence-corrected chi connectivity index (χ3v) is 5.76. The van der Waals surface area contributed by atoms with E-state index in [0.717, 1.165) is 22.7 Å². The van der Waals surface area contributed by atoms with E-state index in [-0.39, 0.29) is 33.5 Å². The van der Waals surface area contributed by atoms with Gasteiger partial charge in [0, 0.05) is 6.08 Å². The molecule has 31 heavy (non-hydrogen) atoms. The van der Waals surface area contributed by atoms with Crippen LogP contribution in [0, 0.1) is 11.3 Å². The highest BCUT2D eigenvalue weighted by atomic mass is 32.2. The summed E-state index contributed by atoms with van der Waals surface area (Å²) in [5.41, 5.74) is 6.82. The number of ether oxygens (including phenoxy) is 3. The predicted molar refractivity (Wildman–Crippen MR) is 111 cm³/mol. The minimum Gasteiger partial charge on any atom is -0.497 e. The second-order valence-electron chi connectivity index (χ2n) is 6.33. The number of allylic oxidation sites excluding steroid dienone is 1. The van der Waals surface area contributed by atoms with E-state index in [0.29, 0.717) is 11.3 Å². The Morgan fingerprint density at radius 3 is 2.45 bits per heavy atom. The lowest BCUT2D eigenvalue weighted by Crippen LogP contribution is -2.41. The fourth-order valence-electron chi connectivity index (χ4n) is 3.26. The Bertz CT molecular complexity index is 1080. The van der Waals surface area contributed by atoms with Gasteiger partial charge in [-0.3, -0.25) is 9.69 Å². The quantitative estimate of drug-likeness (QED) is 0.680. The van der Waals surface area contributed by atoms with Crippen LogP contribution in [-0.2, 0) is 23.9 Å². The first kappa shape index (κ1) is 22.0. The van der Waals surface area contributed by atoms with Gasteiger partial charge in [-0.05, 0) is 24.6 Å². The number of nitrogens with zero attached hydrogens (tertiary/aromatic N) is 2. The van der Waals surface area contributed by atoms with E-state index in [4.69, 9.17) is 19.9 Å². The maximum absolute atomic E-state index is 13.0. The van der Waals surface area contributed by atoms with Crippen molar-refractivity contribution in [3.63, 3.8) is 0 Å². The van der Waals surface area contributed by atoms with Gasteiger partial charge in [0.2, 0.25) is 0 Å². The molecule has 0 aromatic heterocycles. The van der Waals surface area contributed by atoms with Gasteiger partial charge in [0.15, 0.2) is 0 Å². The summed E-state index contributed by atoms with van der Waals surface area (Å²) in [5.74, 6) is -2.57. The first-order chi connectivity index (χ1) is 14.9. The van der Waals surface area contributed by atoms with Crippen molar-refractivity contribution in [2.75, 3.05) is 20.8 Å². The number of methoxy groups -OCH3 is 2. The molecule has 1 aromatic carbocycles. The summed E-state index contributed by atoms with van der Waals surface area (Å²) in [6.45, 7) is 1.71. The minimum atomic E-state index is -0.904. The standard InChI is InChI=1S/C21H19N3O6S/c1-4-30-21(27)17-16(11-5-7-12(28-2)8-6-11)13(10-22)18(23)24-15(25)9-14(20(26)29-3)31-19(17)24/h5-9,16H,4,23H2,1-3H3/t16-/m0/s1. The fraction of sp³-hybridized carbons (Fsp3) is 0.238. The molecule has 3 rings (SSSR count). The van der Waals surface area contributed by atoms with Crippen LogP contribution in [-0.4, -0.2) is 43.6 Å². The number of amides is 1. The van der Waals surface area contributed by atoms with Crippen LogP contribution in [0.3, 0.4) is 0 Å². The first-order valence-electron chi connectivity index (χ1n) is 9.14. The molecule has 160 valence electrons. The van der Waals surface area contributed by atoms with Crippen molar-refractivity contribution in [2.45, 2.75) is 12.8 Å². The Kier molecular flexibility index (Phi) is 6.36. The molecule has 2 heterocycles. The molecule has 0 fully saturated rings. The van der Waals surface area contributed by atoms with Crippen LogP contribution in [0.15, 0.2) is 57.2 Å². The average Bonchev–Trinajstić information content (AvgIpc) is 2.78. The Hall–Kier alpha value is -3.71. The average molecular weight is 441 g/mol. The van der Waals surface area contributed by atoms with Crippen molar-refractivity contribution in [3.05, 3.63) is 62.8 Å². The molecule has 0 saturated carbocycles. The van der Waals surface area contributed by atoms with Gasteiger partial charge in [0.05, 0.1) is 44.0 Å². The lowest BCUT2D eigenvalue weighted by atomic mass is 9.83. The Labute approximate surface area is 182 Å². The summed E-state index contributed by atoms with van der Waals surface area (Å²) >= 11 is 0.859. The molecule has 10 heteroatoms. The molecule has 2 aliphatic heterocycles. The third kappa shape index (κ3) is 3.87. The number of carbonyl (C=O) groups is 3. The van der Waals surface area contributed by atoms with Crippen LogP contribution in [0.5, 0.6) is 5.75 Å². The summed E-state index contributed by atoms with van der Waals surface area (Å²) in [6, 6.07) is 8.76. The Morgan fingerprint density at radius 1 is 1.23 bits per heavy atom. The molecule has 0 unspecified atom stereocenters. The summed E-state index contributed by atoms with van der Waals surface area (Å²) in [5, 5.41) is 9.96. The fourth-order valence-corrected chi connectivity index (χ4v) is 4.39. The van der Waals surface area contributed by atoms with Crippen molar-refractivity contribution >= 4 is 29.6 Å². The monoisotopic (exact) mass is 441 g/mol. The SMILES string of the molecule is CCOC(=O)C1=C2SC(C(=O)OC)=CC(=O)N2C(N)=C(C#N)[C@@H]1c1ccc(OC)cc1. The molecular formula is C21H19N3O6S. The van der Waals surface area contributed by atoms with E-state index < -0.39 is 23.8 Å². The Balaban J connectivity index is 2.28. The number of esters is 2. The lowest BCUT2D eigenvalue weighted by molar-refractivity contribution is -0.139. The van der Waals surface area contributed by atoms with Crippen LogP contribution in [0.1, 0.15) is 18.4 Å². The van der Waals surface area contributed by atoms with E-state index in [1.807, 2.05) is 6.07 Å². The number of carbonyl (C=O) groups excluding carboxylic acids is 3. The minimum absolute atomic E-state index is 0.0118. The third-order valence-electron chi connectivity index (χ3n) is 4.66. The van der Waals surface area contributed by atoms with Gasteiger partial charge in [0.1, 0.15) is 21.5 Å². The summed E-state index contributed by atoms with van der Waals surface area (Å²) in [7, 11) is 2.70. The number of hydrogen-bond acceptors (Lipinski definition) is 9. The zero-order valence-corrected chi connectivity index (χ0v) is 17.8. The van der Waals surface area contributed by atoms with Crippen molar-refractivity contribution in [1.29, 1.82) is 5.26 Å². The maximum Gasteiger partial charge on any atom is 0.344 e. The molecule has 0 radical (unpaired) electrons. The largest absolute Gasteiger partial charge is 0.497 e.